The number of benzene rings is 2. The lowest BCUT2D eigenvalue weighted by molar-refractivity contribution is -0.671. The van der Waals surface area contributed by atoms with E-state index in [1.807, 2.05) is 48.5 Å². The van der Waals surface area contributed by atoms with E-state index in [9.17, 15) is 4.39 Å². The molecule has 4 heteroatoms. The van der Waals surface area contributed by atoms with Crippen LogP contribution in [0.3, 0.4) is 0 Å². The summed E-state index contributed by atoms with van der Waals surface area (Å²) >= 11 is 5.90. The van der Waals surface area contributed by atoms with Crippen LogP contribution in [0.25, 0.3) is 0 Å². The minimum atomic E-state index is -0.216. The first-order valence-corrected chi connectivity index (χ1v) is 8.45. The molecule has 1 atom stereocenters. The highest BCUT2D eigenvalue weighted by Gasteiger charge is 2.17. The Balaban J connectivity index is 1.60. The van der Waals surface area contributed by atoms with Crippen LogP contribution in [0.15, 0.2) is 71.3 Å². The molecule has 0 fully saturated rings. The second kappa shape index (κ2) is 8.13. The molecule has 0 bridgehead atoms. The topological polar surface area (TPSA) is 29.8 Å². The Morgan fingerprint density at radius 2 is 1.75 bits per heavy atom. The van der Waals surface area contributed by atoms with E-state index < -0.39 is 0 Å². The van der Waals surface area contributed by atoms with Crippen LogP contribution in [0.4, 0.5) is 4.39 Å². The molecule has 0 aliphatic heterocycles. The Morgan fingerprint density at radius 1 is 1.00 bits per heavy atom. The molecular weight excluding hydrogens is 325 g/mol. The number of nitrogens with two attached hydrogens (primary N) is 1. The van der Waals surface area contributed by atoms with Gasteiger partial charge in [0.15, 0.2) is 0 Å². The Kier molecular flexibility index (Phi) is 5.68. The normalized spacial score (nSPS) is 12.2. The molecular formula is C20H20ClFNO+. The molecule has 2 N–H and O–H groups in total. The molecule has 0 aliphatic rings. The summed E-state index contributed by atoms with van der Waals surface area (Å²) in [5.41, 5.74) is 2.32. The maximum absolute atomic E-state index is 13.2. The van der Waals surface area contributed by atoms with E-state index in [0.29, 0.717) is 0 Å². The van der Waals surface area contributed by atoms with E-state index >= 15 is 0 Å². The summed E-state index contributed by atoms with van der Waals surface area (Å²) in [6.45, 7) is 1.86. The predicted molar refractivity (Wildman–Crippen MR) is 93.5 cm³/mol. The third kappa shape index (κ3) is 4.47. The Hall–Kier alpha value is -2.10. The highest BCUT2D eigenvalue weighted by Crippen LogP contribution is 2.27. The van der Waals surface area contributed by atoms with Crippen LogP contribution >= 0.6 is 11.6 Å². The fourth-order valence-corrected chi connectivity index (χ4v) is 2.96. The number of halogens is 2. The lowest BCUT2D eigenvalue weighted by atomic mass is 9.93. The largest absolute Gasteiger partial charge is 0.469 e. The van der Waals surface area contributed by atoms with Gasteiger partial charge in [0.05, 0.1) is 12.8 Å². The molecule has 0 saturated heterocycles. The summed E-state index contributed by atoms with van der Waals surface area (Å²) in [6, 6.07) is 18.5. The Morgan fingerprint density at radius 3 is 2.42 bits per heavy atom. The van der Waals surface area contributed by atoms with Gasteiger partial charge in [-0.15, -0.1) is 0 Å². The molecule has 3 rings (SSSR count). The van der Waals surface area contributed by atoms with E-state index in [1.165, 1.54) is 17.7 Å². The van der Waals surface area contributed by atoms with Gasteiger partial charge in [-0.3, -0.25) is 0 Å². The molecule has 0 saturated carbocycles. The van der Waals surface area contributed by atoms with Crippen molar-refractivity contribution in [3.63, 3.8) is 0 Å². The molecule has 3 aromatic rings. The SMILES string of the molecule is Fc1ccc([C@@H](CC[NH2+]Cc2ccc(Cl)cc2)c2ccco2)cc1. The van der Waals surface area contributed by atoms with Gasteiger partial charge in [0.25, 0.3) is 0 Å². The highest BCUT2D eigenvalue weighted by atomic mass is 35.5. The molecule has 0 radical (unpaired) electrons. The summed E-state index contributed by atoms with van der Waals surface area (Å²) in [7, 11) is 0. The fraction of sp³-hybridized carbons (Fsp3) is 0.200. The van der Waals surface area contributed by atoms with Gasteiger partial charge in [-0.25, -0.2) is 4.39 Å². The van der Waals surface area contributed by atoms with Crippen molar-refractivity contribution in [1.82, 2.24) is 0 Å². The van der Waals surface area contributed by atoms with Crippen LogP contribution in [-0.2, 0) is 6.54 Å². The van der Waals surface area contributed by atoms with Crippen molar-refractivity contribution in [3.8, 4) is 0 Å². The van der Waals surface area contributed by atoms with Crippen molar-refractivity contribution in [1.29, 1.82) is 0 Å². The van der Waals surface area contributed by atoms with Crippen LogP contribution < -0.4 is 5.32 Å². The maximum atomic E-state index is 13.2. The molecule has 2 aromatic carbocycles. The molecule has 0 aliphatic carbocycles. The van der Waals surface area contributed by atoms with Crippen LogP contribution in [-0.4, -0.2) is 6.54 Å². The molecule has 0 unspecified atom stereocenters. The van der Waals surface area contributed by atoms with E-state index in [1.54, 1.807) is 6.26 Å². The smallest absolute Gasteiger partial charge is 0.123 e. The van der Waals surface area contributed by atoms with Crippen molar-refractivity contribution in [2.24, 2.45) is 0 Å². The number of hydrogen-bond acceptors (Lipinski definition) is 1. The van der Waals surface area contributed by atoms with Gasteiger partial charge in [0, 0.05) is 22.9 Å². The Bertz CT molecular complexity index is 738. The fourth-order valence-electron chi connectivity index (χ4n) is 2.83. The summed E-state index contributed by atoms with van der Waals surface area (Å²) in [5.74, 6) is 0.842. The minimum absolute atomic E-state index is 0.141. The average Bonchev–Trinajstić information content (AvgIpc) is 3.12. The van der Waals surface area contributed by atoms with Gasteiger partial charge in [-0.1, -0.05) is 35.9 Å². The summed E-state index contributed by atoms with van der Waals surface area (Å²) < 4.78 is 18.8. The van der Waals surface area contributed by atoms with E-state index in [0.717, 1.165) is 35.9 Å². The molecule has 2 nitrogen and oxygen atoms in total. The van der Waals surface area contributed by atoms with Gasteiger partial charge in [-0.05, 0) is 42.0 Å². The minimum Gasteiger partial charge on any atom is -0.469 e. The first-order valence-electron chi connectivity index (χ1n) is 8.07. The van der Waals surface area contributed by atoms with Crippen molar-refractivity contribution in [2.75, 3.05) is 6.54 Å². The van der Waals surface area contributed by atoms with Crippen LogP contribution in [0.1, 0.15) is 29.2 Å². The quantitative estimate of drug-likeness (QED) is 0.634. The molecule has 1 heterocycles. The maximum Gasteiger partial charge on any atom is 0.123 e. The lowest BCUT2D eigenvalue weighted by Gasteiger charge is -2.14. The number of rotatable bonds is 7. The second-order valence-electron chi connectivity index (χ2n) is 5.82. The third-order valence-corrected chi connectivity index (χ3v) is 4.36. The highest BCUT2D eigenvalue weighted by molar-refractivity contribution is 6.30. The lowest BCUT2D eigenvalue weighted by Crippen LogP contribution is -2.82. The standard InChI is InChI=1S/C20H19ClFNO/c21-17-7-3-15(4-8-17)14-23-12-11-19(20-2-1-13-24-20)16-5-9-18(22)10-6-16/h1-10,13,19,23H,11-12,14H2/p+1/t19-/m1/s1. The van der Waals surface area contributed by atoms with Crippen LogP contribution in [0.5, 0.6) is 0 Å². The zero-order valence-electron chi connectivity index (χ0n) is 13.3. The van der Waals surface area contributed by atoms with Crippen molar-refractivity contribution < 1.29 is 14.1 Å². The zero-order valence-corrected chi connectivity index (χ0v) is 14.0. The Labute approximate surface area is 146 Å². The van der Waals surface area contributed by atoms with Gasteiger partial charge in [0.1, 0.15) is 18.1 Å². The van der Waals surface area contributed by atoms with Crippen molar-refractivity contribution in [2.45, 2.75) is 18.9 Å². The molecule has 24 heavy (non-hydrogen) atoms. The number of hydrogen-bond donors (Lipinski definition) is 1. The number of quaternary nitrogens is 1. The molecule has 0 spiro atoms. The monoisotopic (exact) mass is 344 g/mol. The third-order valence-electron chi connectivity index (χ3n) is 4.11. The summed E-state index contributed by atoms with van der Waals surface area (Å²) in [6.07, 6.45) is 2.61. The molecule has 1 aromatic heterocycles. The molecule has 124 valence electrons. The van der Waals surface area contributed by atoms with Crippen LogP contribution in [0.2, 0.25) is 5.02 Å². The summed E-state index contributed by atoms with van der Waals surface area (Å²) in [5, 5.41) is 3.02. The van der Waals surface area contributed by atoms with Crippen molar-refractivity contribution in [3.05, 3.63) is 94.7 Å². The van der Waals surface area contributed by atoms with Gasteiger partial charge in [-0.2, -0.15) is 0 Å². The van der Waals surface area contributed by atoms with Gasteiger partial charge in [0.2, 0.25) is 0 Å². The molecule has 0 amide bonds. The zero-order chi connectivity index (χ0) is 16.8. The van der Waals surface area contributed by atoms with Crippen molar-refractivity contribution >= 4 is 11.6 Å². The van der Waals surface area contributed by atoms with Gasteiger partial charge >= 0.3 is 0 Å². The first-order chi connectivity index (χ1) is 11.7. The van der Waals surface area contributed by atoms with E-state index in [2.05, 4.69) is 5.32 Å². The van der Waals surface area contributed by atoms with E-state index in [4.69, 9.17) is 16.0 Å². The average molecular weight is 345 g/mol. The van der Waals surface area contributed by atoms with Crippen LogP contribution in [0, 0.1) is 5.82 Å². The predicted octanol–water partition coefficient (Wildman–Crippen LogP) is 4.36. The van der Waals surface area contributed by atoms with Gasteiger partial charge < -0.3 is 9.73 Å². The first kappa shape index (κ1) is 16.7. The summed E-state index contributed by atoms with van der Waals surface area (Å²) in [4.78, 5) is 0. The number of furan rings is 1. The van der Waals surface area contributed by atoms with E-state index in [-0.39, 0.29) is 11.7 Å². The second-order valence-corrected chi connectivity index (χ2v) is 6.25.